The Hall–Kier alpha value is -1.42. The van der Waals surface area contributed by atoms with Gasteiger partial charge >= 0.3 is 6.18 Å². The van der Waals surface area contributed by atoms with Crippen molar-refractivity contribution in [3.63, 3.8) is 0 Å². The fourth-order valence-electron chi connectivity index (χ4n) is 1.64. The maximum Gasteiger partial charge on any atom is 0.416 e. The highest BCUT2D eigenvalue weighted by Crippen LogP contribution is 2.29. The Balaban J connectivity index is 1.99. The lowest BCUT2D eigenvalue weighted by atomic mass is 10.1. The second-order valence-electron chi connectivity index (χ2n) is 4.24. The molecular weight excluding hydrogens is 398 g/mol. The highest BCUT2D eigenvalue weighted by atomic mass is 127. The van der Waals surface area contributed by atoms with Gasteiger partial charge in [0, 0.05) is 12.6 Å². The molecule has 0 saturated heterocycles. The molecule has 0 fully saturated rings. The average molecular weight is 409 g/mol. The van der Waals surface area contributed by atoms with Gasteiger partial charge in [0.25, 0.3) is 0 Å². The fourth-order valence-corrected chi connectivity index (χ4v) is 2.06. The van der Waals surface area contributed by atoms with Crippen molar-refractivity contribution in [2.24, 2.45) is 0 Å². The Morgan fingerprint density at radius 3 is 2.43 bits per heavy atom. The number of hydrogen-bond donors (Lipinski definition) is 2. The second kappa shape index (κ2) is 6.56. The van der Waals surface area contributed by atoms with Crippen LogP contribution in [0.1, 0.15) is 17.2 Å². The monoisotopic (exact) mass is 409 g/mol. The number of benzene rings is 1. The topological polar surface area (TPSA) is 58.0 Å². The zero-order valence-electron chi connectivity index (χ0n) is 10.6. The van der Waals surface area contributed by atoms with Crippen LogP contribution in [0.4, 0.5) is 19.0 Å². The molecule has 0 aliphatic heterocycles. The smallest absolute Gasteiger partial charge is 0.387 e. The van der Waals surface area contributed by atoms with Crippen LogP contribution >= 0.6 is 22.6 Å². The summed E-state index contributed by atoms with van der Waals surface area (Å²) in [6.45, 7) is 0.137. The van der Waals surface area contributed by atoms with E-state index >= 15 is 0 Å². The number of aliphatic hydroxyl groups excluding tert-OH is 1. The van der Waals surface area contributed by atoms with Gasteiger partial charge in [0.2, 0.25) is 0 Å². The number of halogens is 4. The summed E-state index contributed by atoms with van der Waals surface area (Å²) in [5.74, 6) is 0.542. The summed E-state index contributed by atoms with van der Waals surface area (Å²) in [5, 5.41) is 12.9. The van der Waals surface area contributed by atoms with Crippen LogP contribution in [0.5, 0.6) is 0 Å². The number of alkyl halides is 3. The average Bonchev–Trinajstić information content (AvgIpc) is 2.44. The molecule has 0 aliphatic rings. The van der Waals surface area contributed by atoms with Crippen LogP contribution in [0.3, 0.4) is 0 Å². The van der Waals surface area contributed by atoms with Gasteiger partial charge in [-0.3, -0.25) is 0 Å². The van der Waals surface area contributed by atoms with Gasteiger partial charge in [0.05, 0.1) is 11.7 Å². The van der Waals surface area contributed by atoms with E-state index in [1.165, 1.54) is 18.5 Å². The summed E-state index contributed by atoms with van der Waals surface area (Å²) in [7, 11) is 0. The molecule has 0 radical (unpaired) electrons. The normalized spacial score (nSPS) is 13.0. The van der Waals surface area contributed by atoms with E-state index in [1.807, 2.05) is 22.6 Å². The van der Waals surface area contributed by atoms with Crippen molar-refractivity contribution >= 4 is 28.4 Å². The number of nitrogens with zero attached hydrogens (tertiary/aromatic N) is 2. The molecule has 0 saturated carbocycles. The third-order valence-electron chi connectivity index (χ3n) is 2.73. The van der Waals surface area contributed by atoms with E-state index in [1.54, 1.807) is 6.07 Å². The summed E-state index contributed by atoms with van der Waals surface area (Å²) >= 11 is 2.02. The van der Waals surface area contributed by atoms with Crippen LogP contribution in [0.25, 0.3) is 0 Å². The van der Waals surface area contributed by atoms with Gasteiger partial charge in [-0.25, -0.2) is 9.97 Å². The van der Waals surface area contributed by atoms with E-state index in [4.69, 9.17) is 0 Å². The first-order chi connectivity index (χ1) is 9.86. The molecule has 0 amide bonds. The third-order valence-corrected chi connectivity index (χ3v) is 3.32. The van der Waals surface area contributed by atoms with Gasteiger partial charge in [-0.05, 0) is 40.3 Å². The van der Waals surface area contributed by atoms with Gasteiger partial charge in [-0.15, -0.1) is 0 Å². The van der Waals surface area contributed by atoms with Gasteiger partial charge in [-0.1, -0.05) is 12.1 Å². The number of nitrogens with one attached hydrogen (secondary N) is 1. The lowest BCUT2D eigenvalue weighted by molar-refractivity contribution is -0.137. The summed E-state index contributed by atoms with van der Waals surface area (Å²) in [4.78, 5) is 7.89. The molecule has 2 rings (SSSR count). The highest BCUT2D eigenvalue weighted by molar-refractivity contribution is 14.1. The minimum Gasteiger partial charge on any atom is -0.387 e. The molecule has 2 N–H and O–H groups in total. The van der Waals surface area contributed by atoms with Crippen molar-refractivity contribution in [3.05, 3.63) is 51.5 Å². The number of rotatable bonds is 4. The highest BCUT2D eigenvalue weighted by Gasteiger charge is 2.30. The van der Waals surface area contributed by atoms with Crippen molar-refractivity contribution in [2.75, 3.05) is 11.9 Å². The lowest BCUT2D eigenvalue weighted by Crippen LogP contribution is -2.13. The molecule has 0 bridgehead atoms. The first-order valence-corrected chi connectivity index (χ1v) is 7.01. The van der Waals surface area contributed by atoms with Crippen molar-refractivity contribution < 1.29 is 18.3 Å². The number of hydrogen-bond acceptors (Lipinski definition) is 4. The number of aromatic nitrogens is 2. The molecule has 112 valence electrons. The van der Waals surface area contributed by atoms with Crippen molar-refractivity contribution in [1.82, 2.24) is 9.97 Å². The first-order valence-electron chi connectivity index (χ1n) is 5.93. The molecular formula is C13H11F3IN3O. The van der Waals surface area contributed by atoms with E-state index in [9.17, 15) is 18.3 Å². The summed E-state index contributed by atoms with van der Waals surface area (Å²) in [6.07, 6.45) is -3.92. The van der Waals surface area contributed by atoms with Crippen LogP contribution in [-0.4, -0.2) is 21.6 Å². The van der Waals surface area contributed by atoms with Crippen LogP contribution in [0, 0.1) is 3.70 Å². The summed E-state index contributed by atoms with van der Waals surface area (Å²) in [6, 6.07) is 6.12. The molecule has 4 nitrogen and oxygen atoms in total. The van der Waals surface area contributed by atoms with Crippen molar-refractivity contribution in [3.8, 4) is 0 Å². The zero-order chi connectivity index (χ0) is 15.5. The second-order valence-corrected chi connectivity index (χ2v) is 5.35. The van der Waals surface area contributed by atoms with Gasteiger partial charge < -0.3 is 10.4 Å². The Morgan fingerprint density at radius 2 is 1.86 bits per heavy atom. The summed E-state index contributed by atoms with van der Waals surface area (Å²) in [5.41, 5.74) is -0.337. The van der Waals surface area contributed by atoms with Crippen LogP contribution < -0.4 is 5.32 Å². The van der Waals surface area contributed by atoms with Crippen LogP contribution in [-0.2, 0) is 6.18 Å². The maximum atomic E-state index is 12.4. The minimum atomic E-state index is -4.38. The molecule has 2 aromatic rings. The zero-order valence-corrected chi connectivity index (χ0v) is 12.8. The maximum absolute atomic E-state index is 12.4. The third kappa shape index (κ3) is 4.53. The lowest BCUT2D eigenvalue weighted by Gasteiger charge is -2.14. The summed E-state index contributed by atoms with van der Waals surface area (Å²) < 4.78 is 38.1. The molecule has 1 unspecified atom stereocenters. The fraction of sp³-hybridized carbons (Fsp3) is 0.231. The van der Waals surface area contributed by atoms with E-state index < -0.39 is 17.8 Å². The molecule has 21 heavy (non-hydrogen) atoms. The van der Waals surface area contributed by atoms with Crippen molar-refractivity contribution in [2.45, 2.75) is 12.3 Å². The van der Waals surface area contributed by atoms with Gasteiger partial charge in [-0.2, -0.15) is 13.2 Å². The van der Waals surface area contributed by atoms with E-state index in [-0.39, 0.29) is 6.54 Å². The molecule has 1 atom stereocenters. The largest absolute Gasteiger partial charge is 0.416 e. The Bertz CT molecular complexity index is 604. The van der Waals surface area contributed by atoms with Crippen molar-refractivity contribution in [1.29, 1.82) is 0 Å². The molecule has 0 aliphatic carbocycles. The Labute approximate surface area is 132 Å². The Morgan fingerprint density at radius 1 is 1.19 bits per heavy atom. The molecule has 8 heteroatoms. The van der Waals surface area contributed by atoms with Crippen LogP contribution in [0.15, 0.2) is 36.7 Å². The van der Waals surface area contributed by atoms with Gasteiger partial charge in [0.1, 0.15) is 15.8 Å². The molecule has 1 aromatic carbocycles. The van der Waals surface area contributed by atoms with Gasteiger partial charge in [0.15, 0.2) is 0 Å². The molecule has 1 heterocycles. The van der Waals surface area contributed by atoms with E-state index in [0.29, 0.717) is 11.4 Å². The van der Waals surface area contributed by atoms with E-state index in [2.05, 4.69) is 15.3 Å². The standard InChI is InChI=1S/C13H11F3IN3O/c14-13(15,16)9-3-1-8(2-4-9)10(21)6-18-12-5-11(17)19-7-20-12/h1-5,7,10,21H,6H2,(H,18,19,20). The number of aliphatic hydroxyl groups is 1. The Kier molecular flexibility index (Phi) is 4.99. The molecule has 1 aromatic heterocycles. The number of anilines is 1. The quantitative estimate of drug-likeness (QED) is 0.602. The first kappa shape index (κ1) is 16.0. The minimum absolute atomic E-state index is 0.137. The predicted molar refractivity (Wildman–Crippen MR) is 79.6 cm³/mol. The van der Waals surface area contributed by atoms with E-state index in [0.717, 1.165) is 15.8 Å². The SMILES string of the molecule is OC(CNc1cc(I)ncn1)c1ccc(C(F)(F)F)cc1. The predicted octanol–water partition coefficient (Wildman–Crippen LogP) is 3.25. The van der Waals surface area contributed by atoms with Crippen LogP contribution in [0.2, 0.25) is 0 Å². The molecule has 0 spiro atoms.